The number of hydrogen-bond acceptors (Lipinski definition) is 3. The van der Waals surface area contributed by atoms with E-state index in [0.29, 0.717) is 5.02 Å². The monoisotopic (exact) mass is 466 g/mol. The lowest BCUT2D eigenvalue weighted by Gasteiger charge is -2.24. The number of rotatable bonds is 6. The Morgan fingerprint density at radius 1 is 1.03 bits per heavy atom. The van der Waals surface area contributed by atoms with Crippen molar-refractivity contribution in [3.63, 3.8) is 0 Å². The molecule has 3 aromatic carbocycles. The van der Waals surface area contributed by atoms with Crippen molar-refractivity contribution in [3.05, 3.63) is 88.2 Å². The molecule has 0 heterocycles. The van der Waals surface area contributed by atoms with Crippen LogP contribution < -0.4 is 9.62 Å². The first kappa shape index (κ1) is 22.1. The molecule has 0 radical (unpaired) electrons. The number of amides is 1. The SMILES string of the molecule is Cc1ccc(S(=O)(=O)N(CC(=O)Nc2cc(Cl)ccc2Cl)c2ccccc2F)cc1. The molecule has 0 aliphatic carbocycles. The number of para-hydroxylation sites is 1. The van der Waals surface area contributed by atoms with Gasteiger partial charge in [-0.1, -0.05) is 53.0 Å². The lowest BCUT2D eigenvalue weighted by atomic mass is 10.2. The maximum absolute atomic E-state index is 14.5. The average molecular weight is 467 g/mol. The second-order valence-electron chi connectivity index (χ2n) is 6.45. The van der Waals surface area contributed by atoms with Crippen LogP contribution in [0.1, 0.15) is 5.56 Å². The zero-order valence-corrected chi connectivity index (χ0v) is 18.1. The molecule has 0 aromatic heterocycles. The quantitative estimate of drug-likeness (QED) is 0.537. The smallest absolute Gasteiger partial charge is 0.264 e. The zero-order valence-electron chi connectivity index (χ0n) is 15.8. The highest BCUT2D eigenvalue weighted by Gasteiger charge is 2.29. The molecule has 0 saturated carbocycles. The topological polar surface area (TPSA) is 66.5 Å². The predicted molar refractivity (Wildman–Crippen MR) is 117 cm³/mol. The molecule has 0 spiro atoms. The normalized spacial score (nSPS) is 11.2. The minimum absolute atomic E-state index is 0.0649. The molecule has 0 aliphatic rings. The summed E-state index contributed by atoms with van der Waals surface area (Å²) in [4.78, 5) is 12.6. The summed E-state index contributed by atoms with van der Waals surface area (Å²) in [7, 11) is -4.23. The third-order valence-electron chi connectivity index (χ3n) is 4.22. The number of nitrogens with one attached hydrogen (secondary N) is 1. The van der Waals surface area contributed by atoms with Crippen LogP contribution in [0.15, 0.2) is 71.6 Å². The highest BCUT2D eigenvalue weighted by atomic mass is 35.5. The van der Waals surface area contributed by atoms with E-state index in [0.717, 1.165) is 15.9 Å². The number of anilines is 2. The Morgan fingerprint density at radius 3 is 2.37 bits per heavy atom. The fourth-order valence-corrected chi connectivity index (χ4v) is 4.47. The Balaban J connectivity index is 1.98. The molecule has 3 rings (SSSR count). The molecule has 0 fully saturated rings. The van der Waals surface area contributed by atoms with Crippen LogP contribution in [0.4, 0.5) is 15.8 Å². The number of hydrogen-bond donors (Lipinski definition) is 1. The second-order valence-corrected chi connectivity index (χ2v) is 9.15. The number of carbonyl (C=O) groups is 1. The molecule has 30 heavy (non-hydrogen) atoms. The van der Waals surface area contributed by atoms with Gasteiger partial charge in [0.05, 0.1) is 21.3 Å². The van der Waals surface area contributed by atoms with E-state index in [1.54, 1.807) is 18.2 Å². The molecule has 1 N–H and O–H groups in total. The molecule has 1 amide bonds. The van der Waals surface area contributed by atoms with E-state index >= 15 is 0 Å². The summed E-state index contributed by atoms with van der Waals surface area (Å²) in [6.45, 7) is 1.15. The van der Waals surface area contributed by atoms with Gasteiger partial charge >= 0.3 is 0 Å². The highest BCUT2D eigenvalue weighted by molar-refractivity contribution is 7.92. The third-order valence-corrected chi connectivity index (χ3v) is 6.56. The predicted octanol–water partition coefficient (Wildman–Crippen LogP) is 5.27. The summed E-state index contributed by atoms with van der Waals surface area (Å²) >= 11 is 12.0. The van der Waals surface area contributed by atoms with E-state index in [2.05, 4.69) is 5.32 Å². The highest BCUT2D eigenvalue weighted by Crippen LogP contribution is 2.28. The number of aryl methyl sites for hydroxylation is 1. The van der Waals surface area contributed by atoms with Crippen molar-refractivity contribution in [2.75, 3.05) is 16.2 Å². The summed E-state index contributed by atoms with van der Waals surface area (Å²) in [5.74, 6) is -1.49. The number of nitrogens with zero attached hydrogens (tertiary/aromatic N) is 1. The van der Waals surface area contributed by atoms with Crippen LogP contribution in [-0.2, 0) is 14.8 Å². The molecule has 9 heteroatoms. The Labute approximate surface area is 184 Å². The molecule has 0 saturated heterocycles. The third kappa shape index (κ3) is 4.92. The fraction of sp³-hybridized carbons (Fsp3) is 0.0952. The van der Waals surface area contributed by atoms with E-state index in [1.165, 1.54) is 42.5 Å². The van der Waals surface area contributed by atoms with Gasteiger partial charge in [0.15, 0.2) is 0 Å². The first-order valence-corrected chi connectivity index (χ1v) is 11.0. The zero-order chi connectivity index (χ0) is 21.9. The van der Waals surface area contributed by atoms with Crippen LogP contribution >= 0.6 is 23.2 Å². The number of halogens is 3. The first-order valence-electron chi connectivity index (χ1n) is 8.77. The number of benzene rings is 3. The van der Waals surface area contributed by atoms with E-state index in [-0.39, 0.29) is 21.3 Å². The van der Waals surface area contributed by atoms with Crippen LogP contribution in [0.2, 0.25) is 10.0 Å². The molecule has 0 unspecified atom stereocenters. The Kier molecular flexibility index (Phi) is 6.65. The number of sulfonamides is 1. The van der Waals surface area contributed by atoms with E-state index in [4.69, 9.17) is 23.2 Å². The minimum atomic E-state index is -4.23. The van der Waals surface area contributed by atoms with Gasteiger partial charge in [-0.3, -0.25) is 9.10 Å². The molecule has 0 bridgehead atoms. The Hall–Kier alpha value is -2.61. The van der Waals surface area contributed by atoms with Gasteiger partial charge in [-0.15, -0.1) is 0 Å². The van der Waals surface area contributed by atoms with Gasteiger partial charge in [0, 0.05) is 5.02 Å². The standard InChI is InChI=1S/C21H17Cl2FN2O3S/c1-14-6-9-16(10-7-14)30(28,29)26(20-5-3-2-4-18(20)24)13-21(27)25-19-12-15(22)8-11-17(19)23/h2-12H,13H2,1H3,(H,25,27). The maximum Gasteiger partial charge on any atom is 0.264 e. The van der Waals surface area contributed by atoms with Crippen LogP contribution in [0.3, 0.4) is 0 Å². The van der Waals surface area contributed by atoms with Crippen LogP contribution in [0.5, 0.6) is 0 Å². The molecule has 3 aromatic rings. The molecular formula is C21H17Cl2FN2O3S. The van der Waals surface area contributed by atoms with Gasteiger partial charge in [-0.05, 0) is 49.4 Å². The van der Waals surface area contributed by atoms with Gasteiger partial charge in [0.1, 0.15) is 12.4 Å². The van der Waals surface area contributed by atoms with E-state index in [1.807, 2.05) is 6.92 Å². The van der Waals surface area contributed by atoms with Crippen molar-refractivity contribution in [3.8, 4) is 0 Å². The summed E-state index contributed by atoms with van der Waals surface area (Å²) in [6.07, 6.45) is 0. The van der Waals surface area contributed by atoms with Crippen LogP contribution in [0.25, 0.3) is 0 Å². The lowest BCUT2D eigenvalue weighted by Crippen LogP contribution is -2.38. The summed E-state index contributed by atoms with van der Waals surface area (Å²) < 4.78 is 41.7. The van der Waals surface area contributed by atoms with Crippen molar-refractivity contribution in [2.45, 2.75) is 11.8 Å². The molecule has 0 atom stereocenters. The molecule has 0 aliphatic heterocycles. The maximum atomic E-state index is 14.5. The first-order chi connectivity index (χ1) is 14.2. The number of carbonyl (C=O) groups excluding carboxylic acids is 1. The molecule has 156 valence electrons. The van der Waals surface area contributed by atoms with E-state index in [9.17, 15) is 17.6 Å². The summed E-state index contributed by atoms with van der Waals surface area (Å²) in [5.41, 5.74) is 0.834. The Bertz CT molecular complexity index is 1190. The molecular weight excluding hydrogens is 450 g/mol. The van der Waals surface area contributed by atoms with Gasteiger partial charge in [0.25, 0.3) is 10.0 Å². The minimum Gasteiger partial charge on any atom is -0.323 e. The van der Waals surface area contributed by atoms with Crippen molar-refractivity contribution in [1.29, 1.82) is 0 Å². The summed E-state index contributed by atoms with van der Waals surface area (Å²) in [6, 6.07) is 15.9. The Morgan fingerprint density at radius 2 is 1.70 bits per heavy atom. The average Bonchev–Trinajstić information content (AvgIpc) is 2.70. The van der Waals surface area contributed by atoms with Crippen molar-refractivity contribution in [2.24, 2.45) is 0 Å². The van der Waals surface area contributed by atoms with Crippen molar-refractivity contribution < 1.29 is 17.6 Å². The lowest BCUT2D eigenvalue weighted by molar-refractivity contribution is -0.114. The van der Waals surface area contributed by atoms with Gasteiger partial charge in [0.2, 0.25) is 5.91 Å². The fourth-order valence-electron chi connectivity index (χ4n) is 2.70. The summed E-state index contributed by atoms with van der Waals surface area (Å²) in [5, 5.41) is 3.09. The largest absolute Gasteiger partial charge is 0.323 e. The second kappa shape index (κ2) is 9.04. The van der Waals surface area contributed by atoms with Crippen molar-refractivity contribution in [1.82, 2.24) is 0 Å². The van der Waals surface area contributed by atoms with E-state index < -0.39 is 28.3 Å². The van der Waals surface area contributed by atoms with Crippen molar-refractivity contribution >= 4 is 50.5 Å². The van der Waals surface area contributed by atoms with Gasteiger partial charge in [-0.2, -0.15) is 0 Å². The van der Waals surface area contributed by atoms with Gasteiger partial charge < -0.3 is 5.32 Å². The van der Waals surface area contributed by atoms with Crippen LogP contribution in [0, 0.1) is 12.7 Å². The van der Waals surface area contributed by atoms with Gasteiger partial charge in [-0.25, -0.2) is 12.8 Å². The van der Waals surface area contributed by atoms with Crippen LogP contribution in [-0.4, -0.2) is 20.9 Å². The molecule has 5 nitrogen and oxygen atoms in total.